The Hall–Kier alpha value is -1.09. The third kappa shape index (κ3) is 3.22. The molecule has 1 N–H and O–H groups in total. The lowest BCUT2D eigenvalue weighted by molar-refractivity contribution is 0.221. The highest BCUT2D eigenvalue weighted by atomic mass is 35.5. The van der Waals surface area contributed by atoms with E-state index in [1.54, 1.807) is 0 Å². The molecule has 0 saturated heterocycles. The molecule has 18 heavy (non-hydrogen) atoms. The molecule has 1 unspecified atom stereocenters. The number of aliphatic hydroxyl groups excluding tert-OH is 1. The van der Waals surface area contributed by atoms with Crippen LogP contribution in [0.15, 0.2) is 42.5 Å². The molecule has 0 radical (unpaired) electrons. The van der Waals surface area contributed by atoms with Gasteiger partial charge in [-0.15, -0.1) is 11.6 Å². The number of aliphatic hydroxyl groups is 1. The number of nitrogens with zero attached hydrogens (tertiary/aromatic N) is 1. The maximum Gasteiger partial charge on any atom is 0.0712 e. The normalized spacial score (nSPS) is 13.1. The Morgan fingerprint density at radius 2 is 1.89 bits per heavy atom. The van der Waals surface area contributed by atoms with Crippen molar-refractivity contribution in [1.29, 1.82) is 0 Å². The first-order valence-electron chi connectivity index (χ1n) is 6.13. The van der Waals surface area contributed by atoms with E-state index in [9.17, 15) is 0 Å². The zero-order valence-electron chi connectivity index (χ0n) is 10.5. The summed E-state index contributed by atoms with van der Waals surface area (Å²) in [7, 11) is 1.96. The molecule has 0 amide bonds. The molecule has 0 saturated carbocycles. The van der Waals surface area contributed by atoms with E-state index in [0.717, 1.165) is 12.1 Å². The Bertz CT molecular complexity index is 515. The van der Waals surface area contributed by atoms with Crippen LogP contribution < -0.4 is 0 Å². The summed E-state index contributed by atoms with van der Waals surface area (Å²) in [6.07, 6.45) is 0. The smallest absolute Gasteiger partial charge is 0.0712 e. The Balaban J connectivity index is 2.15. The molecule has 1 atom stereocenters. The lowest BCUT2D eigenvalue weighted by Gasteiger charge is -2.19. The van der Waals surface area contributed by atoms with Crippen LogP contribution in [0.3, 0.4) is 0 Å². The molecule has 0 fully saturated rings. The minimum absolute atomic E-state index is 0.0499. The van der Waals surface area contributed by atoms with Crippen molar-refractivity contribution in [2.24, 2.45) is 0 Å². The van der Waals surface area contributed by atoms with E-state index in [-0.39, 0.29) is 12.0 Å². The molecule has 3 heteroatoms. The molecule has 2 nitrogen and oxygen atoms in total. The van der Waals surface area contributed by atoms with Crippen molar-refractivity contribution in [3.63, 3.8) is 0 Å². The second-order valence-corrected chi connectivity index (χ2v) is 5.09. The van der Waals surface area contributed by atoms with E-state index in [4.69, 9.17) is 16.7 Å². The summed E-state index contributed by atoms with van der Waals surface area (Å²) >= 11 is 6.41. The van der Waals surface area contributed by atoms with Gasteiger partial charge in [0.1, 0.15) is 0 Å². The van der Waals surface area contributed by atoms with Crippen LogP contribution >= 0.6 is 11.6 Å². The fourth-order valence-electron chi connectivity index (χ4n) is 2.04. The van der Waals surface area contributed by atoms with E-state index < -0.39 is 0 Å². The van der Waals surface area contributed by atoms with Crippen LogP contribution in [0.5, 0.6) is 0 Å². The number of alkyl halides is 1. The maximum absolute atomic E-state index is 8.88. The highest BCUT2D eigenvalue weighted by molar-refractivity contribution is 6.21. The summed E-state index contributed by atoms with van der Waals surface area (Å²) in [6.45, 7) is 1.55. The molecule has 0 aliphatic carbocycles. The van der Waals surface area contributed by atoms with Gasteiger partial charge in [-0.25, -0.2) is 0 Å². The van der Waals surface area contributed by atoms with Crippen molar-refractivity contribution in [2.45, 2.75) is 5.38 Å². The largest absolute Gasteiger partial charge is 0.395 e. The van der Waals surface area contributed by atoms with Gasteiger partial charge in [0.25, 0.3) is 0 Å². The van der Waals surface area contributed by atoms with E-state index >= 15 is 0 Å². The molecular weight excluding hydrogens is 246 g/mol. The third-order valence-corrected chi connectivity index (χ3v) is 3.48. The maximum atomic E-state index is 8.88. The Kier molecular flexibility index (Phi) is 4.59. The zero-order valence-corrected chi connectivity index (χ0v) is 11.3. The molecule has 2 aromatic rings. The number of halogens is 1. The molecular formula is C15H18ClNO. The predicted molar refractivity (Wildman–Crippen MR) is 77.1 cm³/mol. The first kappa shape index (κ1) is 13.3. The molecule has 0 aromatic heterocycles. The van der Waals surface area contributed by atoms with Gasteiger partial charge in [-0.05, 0) is 29.4 Å². The minimum atomic E-state index is -0.0499. The van der Waals surface area contributed by atoms with Crippen molar-refractivity contribution >= 4 is 22.4 Å². The molecule has 2 rings (SSSR count). The average Bonchev–Trinajstić information content (AvgIpc) is 2.38. The quantitative estimate of drug-likeness (QED) is 0.839. The van der Waals surface area contributed by atoms with Crippen molar-refractivity contribution < 1.29 is 5.11 Å². The van der Waals surface area contributed by atoms with Gasteiger partial charge >= 0.3 is 0 Å². The van der Waals surface area contributed by atoms with E-state index in [2.05, 4.69) is 30.3 Å². The predicted octanol–water partition coefficient (Wildman–Crippen LogP) is 3.04. The fraction of sp³-hybridized carbons (Fsp3) is 0.333. The third-order valence-electron chi connectivity index (χ3n) is 3.09. The summed E-state index contributed by atoms with van der Waals surface area (Å²) in [5.41, 5.74) is 1.13. The van der Waals surface area contributed by atoms with Crippen molar-refractivity contribution in [2.75, 3.05) is 26.7 Å². The molecule has 0 heterocycles. The van der Waals surface area contributed by atoms with Gasteiger partial charge in [0.05, 0.1) is 12.0 Å². The first-order chi connectivity index (χ1) is 8.70. The van der Waals surface area contributed by atoms with E-state index in [0.29, 0.717) is 6.54 Å². The van der Waals surface area contributed by atoms with Crippen molar-refractivity contribution in [3.05, 3.63) is 48.0 Å². The lowest BCUT2D eigenvalue weighted by atomic mass is 10.0. The second-order valence-electron chi connectivity index (χ2n) is 4.56. The number of benzene rings is 2. The Labute approximate surface area is 113 Å². The van der Waals surface area contributed by atoms with Gasteiger partial charge in [0.2, 0.25) is 0 Å². The first-order valence-corrected chi connectivity index (χ1v) is 6.56. The average molecular weight is 264 g/mol. The Morgan fingerprint density at radius 1 is 1.17 bits per heavy atom. The van der Waals surface area contributed by atoms with Crippen molar-refractivity contribution in [3.8, 4) is 0 Å². The second kappa shape index (κ2) is 6.19. The van der Waals surface area contributed by atoms with Gasteiger partial charge in [-0.3, -0.25) is 0 Å². The highest BCUT2D eigenvalue weighted by Crippen LogP contribution is 2.25. The number of hydrogen-bond acceptors (Lipinski definition) is 2. The highest BCUT2D eigenvalue weighted by Gasteiger charge is 2.11. The Morgan fingerprint density at radius 3 is 2.61 bits per heavy atom. The van der Waals surface area contributed by atoms with Crippen LogP contribution in [0.25, 0.3) is 10.8 Å². The number of hydrogen-bond donors (Lipinski definition) is 1. The monoisotopic (exact) mass is 263 g/mol. The van der Waals surface area contributed by atoms with Gasteiger partial charge in [0, 0.05) is 13.1 Å². The summed E-state index contributed by atoms with van der Waals surface area (Å²) in [6, 6.07) is 14.6. The lowest BCUT2D eigenvalue weighted by Crippen LogP contribution is -2.25. The summed E-state index contributed by atoms with van der Waals surface area (Å²) < 4.78 is 0. The number of rotatable bonds is 5. The molecule has 2 aromatic carbocycles. The fourth-order valence-corrected chi connectivity index (χ4v) is 2.42. The van der Waals surface area contributed by atoms with E-state index in [1.807, 2.05) is 24.1 Å². The van der Waals surface area contributed by atoms with Crippen LogP contribution in [0.2, 0.25) is 0 Å². The zero-order chi connectivity index (χ0) is 13.0. The standard InChI is InChI=1S/C15H18ClNO/c1-17(8-9-18)11-15(16)14-7-6-12-4-2-3-5-13(12)10-14/h2-7,10,15,18H,8-9,11H2,1H3. The van der Waals surface area contributed by atoms with Crippen LogP contribution in [0.1, 0.15) is 10.9 Å². The number of fused-ring (bicyclic) bond motifs is 1. The topological polar surface area (TPSA) is 23.5 Å². The summed E-state index contributed by atoms with van der Waals surface area (Å²) in [5.74, 6) is 0. The minimum Gasteiger partial charge on any atom is -0.395 e. The molecule has 0 aliphatic rings. The molecule has 96 valence electrons. The van der Waals surface area contributed by atoms with Crippen molar-refractivity contribution in [1.82, 2.24) is 4.90 Å². The van der Waals surface area contributed by atoms with Crippen LogP contribution in [0, 0.1) is 0 Å². The molecule has 0 bridgehead atoms. The van der Waals surface area contributed by atoms with Gasteiger partial charge in [0.15, 0.2) is 0 Å². The van der Waals surface area contributed by atoms with Crippen LogP contribution in [0.4, 0.5) is 0 Å². The summed E-state index contributed by atoms with van der Waals surface area (Å²) in [5, 5.41) is 11.3. The van der Waals surface area contributed by atoms with Crippen LogP contribution in [-0.4, -0.2) is 36.8 Å². The van der Waals surface area contributed by atoms with E-state index in [1.165, 1.54) is 10.8 Å². The number of likely N-dealkylation sites (N-methyl/N-ethyl adjacent to an activating group) is 1. The van der Waals surface area contributed by atoms with Gasteiger partial charge < -0.3 is 10.0 Å². The van der Waals surface area contributed by atoms with Crippen LogP contribution in [-0.2, 0) is 0 Å². The summed E-state index contributed by atoms with van der Waals surface area (Å²) in [4.78, 5) is 2.03. The van der Waals surface area contributed by atoms with Gasteiger partial charge in [-0.2, -0.15) is 0 Å². The van der Waals surface area contributed by atoms with Gasteiger partial charge in [-0.1, -0.05) is 36.4 Å². The molecule has 0 spiro atoms. The SMILES string of the molecule is CN(CCO)CC(Cl)c1ccc2ccccc2c1. The molecule has 0 aliphatic heterocycles.